The molecule has 1 rings (SSSR count). The van der Waals surface area contributed by atoms with Crippen molar-refractivity contribution in [1.29, 1.82) is 0 Å². The lowest BCUT2D eigenvalue weighted by Crippen LogP contribution is -1.87. The van der Waals surface area contributed by atoms with E-state index in [-0.39, 0.29) is 0 Å². The topological polar surface area (TPSA) is 12.4 Å². The van der Waals surface area contributed by atoms with Crippen molar-refractivity contribution in [3.05, 3.63) is 11.8 Å². The third kappa shape index (κ3) is 2.00. The highest BCUT2D eigenvalue weighted by Crippen LogP contribution is 2.11. The van der Waals surface area contributed by atoms with E-state index in [0.717, 1.165) is 12.8 Å². The fourth-order valence-corrected chi connectivity index (χ4v) is 0.982. The van der Waals surface area contributed by atoms with Crippen LogP contribution in [0.25, 0.3) is 0 Å². The van der Waals surface area contributed by atoms with Crippen LogP contribution in [0.2, 0.25) is 0 Å². The second-order valence-electron chi connectivity index (χ2n) is 2.33. The molecule has 0 atom stereocenters. The number of allylic oxidation sites excluding steroid dienone is 2. The van der Waals surface area contributed by atoms with Crippen molar-refractivity contribution in [2.24, 2.45) is 4.99 Å². The number of hydrogen-bond acceptors (Lipinski definition) is 1. The summed E-state index contributed by atoms with van der Waals surface area (Å²) in [5, 5.41) is 0. The first-order chi connectivity index (χ1) is 4.43. The van der Waals surface area contributed by atoms with Crippen LogP contribution in [0.15, 0.2) is 16.8 Å². The molecule has 0 radical (unpaired) electrons. The Labute approximate surface area is 56.5 Å². The van der Waals surface area contributed by atoms with Crippen molar-refractivity contribution in [2.45, 2.75) is 32.6 Å². The lowest BCUT2D eigenvalue weighted by molar-refractivity contribution is 0.868. The van der Waals surface area contributed by atoms with Crippen LogP contribution in [0, 0.1) is 0 Å². The second-order valence-corrected chi connectivity index (χ2v) is 2.33. The van der Waals surface area contributed by atoms with Crippen LogP contribution in [0.5, 0.6) is 0 Å². The summed E-state index contributed by atoms with van der Waals surface area (Å²) in [5.74, 6) is 0. The zero-order chi connectivity index (χ0) is 6.53. The van der Waals surface area contributed by atoms with Gasteiger partial charge in [0.1, 0.15) is 0 Å². The molecule has 0 aromatic rings. The van der Waals surface area contributed by atoms with Crippen LogP contribution in [-0.2, 0) is 0 Å². The van der Waals surface area contributed by atoms with Crippen molar-refractivity contribution in [2.75, 3.05) is 0 Å². The standard InChI is InChI=1S/C8H13N/c1-2-5-8-6-3-4-7-9-8/h6-7H,2-5H2,1H3. The highest BCUT2D eigenvalue weighted by Gasteiger charge is 1.94. The van der Waals surface area contributed by atoms with Crippen LogP contribution in [-0.4, -0.2) is 6.21 Å². The molecule has 1 heterocycles. The largest absolute Gasteiger partial charge is 0.266 e. The van der Waals surface area contributed by atoms with Gasteiger partial charge in [-0.3, -0.25) is 4.99 Å². The minimum absolute atomic E-state index is 1.13. The van der Waals surface area contributed by atoms with Crippen molar-refractivity contribution >= 4 is 6.21 Å². The molecule has 1 heteroatoms. The summed E-state index contributed by atoms with van der Waals surface area (Å²) in [6.45, 7) is 2.19. The Morgan fingerprint density at radius 2 is 2.44 bits per heavy atom. The quantitative estimate of drug-likeness (QED) is 0.535. The lowest BCUT2D eigenvalue weighted by Gasteiger charge is -2.02. The van der Waals surface area contributed by atoms with Gasteiger partial charge in [-0.1, -0.05) is 19.4 Å². The first-order valence-corrected chi connectivity index (χ1v) is 3.65. The van der Waals surface area contributed by atoms with E-state index in [0.29, 0.717) is 0 Å². The molecule has 0 amide bonds. The Kier molecular flexibility index (Phi) is 2.49. The van der Waals surface area contributed by atoms with E-state index in [4.69, 9.17) is 0 Å². The number of hydrogen-bond donors (Lipinski definition) is 0. The third-order valence-corrected chi connectivity index (χ3v) is 1.44. The molecular weight excluding hydrogens is 110 g/mol. The van der Waals surface area contributed by atoms with Crippen molar-refractivity contribution in [3.63, 3.8) is 0 Å². The first-order valence-electron chi connectivity index (χ1n) is 3.65. The Balaban J connectivity index is 2.38. The molecule has 0 aromatic carbocycles. The second kappa shape index (κ2) is 3.44. The van der Waals surface area contributed by atoms with Gasteiger partial charge in [-0.05, 0) is 19.3 Å². The van der Waals surface area contributed by atoms with Crippen molar-refractivity contribution in [1.82, 2.24) is 0 Å². The Hall–Kier alpha value is -0.590. The summed E-state index contributed by atoms with van der Waals surface area (Å²) in [6.07, 6.45) is 8.94. The normalized spacial score (nSPS) is 17.7. The van der Waals surface area contributed by atoms with Gasteiger partial charge in [-0.25, -0.2) is 0 Å². The molecule has 1 aliphatic rings. The van der Waals surface area contributed by atoms with E-state index < -0.39 is 0 Å². The molecule has 0 aromatic heterocycles. The minimum Gasteiger partial charge on any atom is -0.266 e. The average Bonchev–Trinajstić information content (AvgIpc) is 1.91. The molecule has 1 nitrogen and oxygen atoms in total. The lowest BCUT2D eigenvalue weighted by atomic mass is 10.2. The molecule has 0 aliphatic carbocycles. The smallest absolute Gasteiger partial charge is 0.0359 e. The SMILES string of the molecule is CCCC1=CCCC=N1. The molecular formula is C8H13N. The first kappa shape index (κ1) is 6.53. The monoisotopic (exact) mass is 123 g/mol. The highest BCUT2D eigenvalue weighted by atomic mass is 14.7. The number of rotatable bonds is 2. The van der Waals surface area contributed by atoms with Crippen molar-refractivity contribution < 1.29 is 0 Å². The van der Waals surface area contributed by atoms with Gasteiger partial charge in [0.15, 0.2) is 0 Å². The Morgan fingerprint density at radius 3 is 3.00 bits per heavy atom. The summed E-state index contributed by atoms with van der Waals surface area (Å²) in [4.78, 5) is 4.26. The van der Waals surface area contributed by atoms with E-state index in [2.05, 4.69) is 18.0 Å². The van der Waals surface area contributed by atoms with E-state index in [1.165, 1.54) is 18.5 Å². The van der Waals surface area contributed by atoms with Gasteiger partial charge in [0.2, 0.25) is 0 Å². The van der Waals surface area contributed by atoms with Crippen LogP contribution < -0.4 is 0 Å². The fraction of sp³-hybridized carbons (Fsp3) is 0.625. The third-order valence-electron chi connectivity index (χ3n) is 1.44. The molecule has 0 unspecified atom stereocenters. The predicted octanol–water partition coefficient (Wildman–Crippen LogP) is 2.54. The molecule has 1 aliphatic heterocycles. The maximum Gasteiger partial charge on any atom is 0.0359 e. The van der Waals surface area contributed by atoms with E-state index in [9.17, 15) is 0 Å². The number of aliphatic imine (C=N–C) groups is 1. The molecule has 0 bridgehead atoms. The summed E-state index contributed by atoms with van der Waals surface area (Å²) >= 11 is 0. The van der Waals surface area contributed by atoms with Gasteiger partial charge >= 0.3 is 0 Å². The van der Waals surface area contributed by atoms with E-state index in [1.54, 1.807) is 0 Å². The molecule has 0 saturated heterocycles. The molecule has 0 spiro atoms. The molecule has 0 saturated carbocycles. The summed E-state index contributed by atoms with van der Waals surface area (Å²) in [5.41, 5.74) is 1.28. The molecule has 0 fully saturated rings. The van der Waals surface area contributed by atoms with Gasteiger partial charge in [0.05, 0.1) is 0 Å². The Bertz CT molecular complexity index is 134. The maximum absolute atomic E-state index is 4.26. The average molecular weight is 123 g/mol. The summed E-state index contributed by atoms with van der Waals surface area (Å²) < 4.78 is 0. The zero-order valence-corrected chi connectivity index (χ0v) is 5.93. The van der Waals surface area contributed by atoms with Crippen LogP contribution in [0.3, 0.4) is 0 Å². The fourth-order valence-electron chi connectivity index (χ4n) is 0.982. The van der Waals surface area contributed by atoms with Gasteiger partial charge in [-0.15, -0.1) is 0 Å². The summed E-state index contributed by atoms with van der Waals surface area (Å²) in [6, 6.07) is 0. The minimum atomic E-state index is 1.13. The Morgan fingerprint density at radius 1 is 1.56 bits per heavy atom. The molecule has 50 valence electrons. The van der Waals surface area contributed by atoms with Crippen molar-refractivity contribution in [3.8, 4) is 0 Å². The van der Waals surface area contributed by atoms with Gasteiger partial charge in [-0.2, -0.15) is 0 Å². The maximum atomic E-state index is 4.26. The predicted molar refractivity (Wildman–Crippen MR) is 40.7 cm³/mol. The molecule has 0 N–H and O–H groups in total. The van der Waals surface area contributed by atoms with Crippen LogP contribution in [0.1, 0.15) is 32.6 Å². The van der Waals surface area contributed by atoms with Gasteiger partial charge in [0, 0.05) is 11.9 Å². The number of nitrogens with zero attached hydrogens (tertiary/aromatic N) is 1. The molecule has 9 heavy (non-hydrogen) atoms. The highest BCUT2D eigenvalue weighted by molar-refractivity contribution is 5.60. The van der Waals surface area contributed by atoms with Crippen LogP contribution >= 0.6 is 0 Å². The summed E-state index contributed by atoms with van der Waals surface area (Å²) in [7, 11) is 0. The van der Waals surface area contributed by atoms with Gasteiger partial charge in [0.25, 0.3) is 0 Å². The van der Waals surface area contributed by atoms with Gasteiger partial charge < -0.3 is 0 Å². The van der Waals surface area contributed by atoms with E-state index >= 15 is 0 Å². The zero-order valence-electron chi connectivity index (χ0n) is 5.93. The van der Waals surface area contributed by atoms with Crippen LogP contribution in [0.4, 0.5) is 0 Å². The van der Waals surface area contributed by atoms with E-state index in [1.807, 2.05) is 6.21 Å².